The van der Waals surface area contributed by atoms with E-state index in [2.05, 4.69) is 5.48 Å². The molecule has 0 unspecified atom stereocenters. The molecular formula is C11H14N2O2. The molecule has 0 heterocycles. The lowest BCUT2D eigenvalue weighted by atomic mass is 10.1. The highest BCUT2D eigenvalue weighted by Crippen LogP contribution is 2.02. The van der Waals surface area contributed by atoms with Crippen LogP contribution in [0.5, 0.6) is 0 Å². The van der Waals surface area contributed by atoms with E-state index in [-0.39, 0.29) is 11.8 Å². The van der Waals surface area contributed by atoms with Crippen LogP contribution in [0, 0.1) is 12.3 Å². The Morgan fingerprint density at radius 3 is 2.53 bits per heavy atom. The van der Waals surface area contributed by atoms with E-state index in [1.807, 2.05) is 19.1 Å². The molecule has 1 rings (SSSR count). The van der Waals surface area contributed by atoms with Crippen LogP contribution in [0.25, 0.3) is 0 Å². The quantitative estimate of drug-likeness (QED) is 0.442. The molecule has 4 heteroatoms. The first kappa shape index (κ1) is 11.2. The molecule has 0 fully saturated rings. The van der Waals surface area contributed by atoms with Crippen molar-refractivity contribution >= 4 is 11.8 Å². The summed E-state index contributed by atoms with van der Waals surface area (Å²) in [4.78, 5) is 16.2. The van der Waals surface area contributed by atoms with E-state index in [1.165, 1.54) is 0 Å². The fourth-order valence-corrected chi connectivity index (χ4v) is 0.944. The van der Waals surface area contributed by atoms with Crippen LogP contribution in [-0.2, 0) is 4.84 Å². The van der Waals surface area contributed by atoms with Crippen LogP contribution in [0.4, 0.5) is 0 Å². The molecule has 0 aliphatic heterocycles. The second-order valence-electron chi connectivity index (χ2n) is 3.18. The van der Waals surface area contributed by atoms with Gasteiger partial charge in [0.2, 0.25) is 5.90 Å². The van der Waals surface area contributed by atoms with Gasteiger partial charge in [0.15, 0.2) is 0 Å². The summed E-state index contributed by atoms with van der Waals surface area (Å²) in [6.07, 6.45) is 0.453. The van der Waals surface area contributed by atoms with Gasteiger partial charge in [-0.3, -0.25) is 10.2 Å². The first-order valence-electron chi connectivity index (χ1n) is 4.74. The summed E-state index contributed by atoms with van der Waals surface area (Å²) >= 11 is 0. The van der Waals surface area contributed by atoms with E-state index >= 15 is 0 Å². The van der Waals surface area contributed by atoms with Gasteiger partial charge in [0.05, 0.1) is 0 Å². The standard InChI is InChI=1S/C11H14N2O2/c1-3-10(12)15-13-11(14)9-6-4-8(2)5-7-9/h4-7,12H,3H2,1-2H3,(H,13,14). The normalized spacial score (nSPS) is 9.47. The van der Waals surface area contributed by atoms with Gasteiger partial charge in [-0.15, -0.1) is 0 Å². The number of carbonyl (C=O) groups is 1. The molecular weight excluding hydrogens is 192 g/mol. The van der Waals surface area contributed by atoms with Crippen molar-refractivity contribution in [3.05, 3.63) is 35.4 Å². The molecule has 0 atom stereocenters. The Labute approximate surface area is 88.7 Å². The van der Waals surface area contributed by atoms with E-state index in [1.54, 1.807) is 19.1 Å². The molecule has 0 saturated carbocycles. The predicted molar refractivity (Wildman–Crippen MR) is 57.7 cm³/mol. The summed E-state index contributed by atoms with van der Waals surface area (Å²) in [5.41, 5.74) is 3.82. The fraction of sp³-hybridized carbons (Fsp3) is 0.273. The molecule has 15 heavy (non-hydrogen) atoms. The third kappa shape index (κ3) is 3.42. The lowest BCUT2D eigenvalue weighted by molar-refractivity contribution is 0.0727. The molecule has 0 aliphatic rings. The summed E-state index contributed by atoms with van der Waals surface area (Å²) in [7, 11) is 0. The number of hydrogen-bond acceptors (Lipinski definition) is 3. The van der Waals surface area contributed by atoms with E-state index in [4.69, 9.17) is 10.2 Å². The Morgan fingerprint density at radius 1 is 1.40 bits per heavy atom. The average molecular weight is 206 g/mol. The highest BCUT2D eigenvalue weighted by Gasteiger charge is 2.05. The van der Waals surface area contributed by atoms with Crippen molar-refractivity contribution in [2.45, 2.75) is 20.3 Å². The lowest BCUT2D eigenvalue weighted by Crippen LogP contribution is -2.26. The Hall–Kier alpha value is -1.84. The minimum atomic E-state index is -0.340. The van der Waals surface area contributed by atoms with Gasteiger partial charge in [-0.05, 0) is 19.1 Å². The molecule has 1 aromatic carbocycles. The Balaban J connectivity index is 2.54. The number of amides is 1. The second-order valence-corrected chi connectivity index (χ2v) is 3.18. The first-order chi connectivity index (χ1) is 7.13. The molecule has 1 amide bonds. The van der Waals surface area contributed by atoms with Crippen LogP contribution in [0.15, 0.2) is 24.3 Å². The van der Waals surface area contributed by atoms with E-state index in [0.29, 0.717) is 12.0 Å². The molecule has 0 aliphatic carbocycles. The summed E-state index contributed by atoms with van der Waals surface area (Å²) in [5.74, 6) is -0.302. The number of carbonyl (C=O) groups excluding carboxylic acids is 1. The molecule has 0 bridgehead atoms. The van der Waals surface area contributed by atoms with Crippen LogP contribution >= 0.6 is 0 Å². The summed E-state index contributed by atoms with van der Waals surface area (Å²) < 4.78 is 0. The van der Waals surface area contributed by atoms with Crippen LogP contribution in [0.3, 0.4) is 0 Å². The average Bonchev–Trinajstić information content (AvgIpc) is 2.26. The van der Waals surface area contributed by atoms with Gasteiger partial charge < -0.3 is 4.84 Å². The number of hydrogen-bond donors (Lipinski definition) is 2. The SMILES string of the molecule is CCC(=N)ONC(=O)c1ccc(C)cc1. The number of hydroxylamine groups is 1. The zero-order valence-corrected chi connectivity index (χ0v) is 8.83. The van der Waals surface area contributed by atoms with Gasteiger partial charge in [-0.25, -0.2) is 0 Å². The molecule has 1 aromatic rings. The maximum Gasteiger partial charge on any atom is 0.283 e. The minimum Gasteiger partial charge on any atom is -0.364 e. The largest absolute Gasteiger partial charge is 0.364 e. The van der Waals surface area contributed by atoms with Crippen molar-refractivity contribution in [2.75, 3.05) is 0 Å². The molecule has 0 spiro atoms. The van der Waals surface area contributed by atoms with Crippen molar-refractivity contribution in [1.29, 1.82) is 5.41 Å². The van der Waals surface area contributed by atoms with Gasteiger partial charge in [0.25, 0.3) is 5.91 Å². The number of nitrogens with one attached hydrogen (secondary N) is 2. The molecule has 2 N–H and O–H groups in total. The summed E-state index contributed by atoms with van der Waals surface area (Å²) in [6.45, 7) is 3.73. The van der Waals surface area contributed by atoms with Crippen molar-refractivity contribution in [1.82, 2.24) is 5.48 Å². The van der Waals surface area contributed by atoms with Crippen molar-refractivity contribution in [3.63, 3.8) is 0 Å². The van der Waals surface area contributed by atoms with E-state index in [9.17, 15) is 4.79 Å². The van der Waals surface area contributed by atoms with E-state index < -0.39 is 0 Å². The highest BCUT2D eigenvalue weighted by molar-refractivity contribution is 5.94. The third-order valence-corrected chi connectivity index (χ3v) is 1.90. The zero-order chi connectivity index (χ0) is 11.3. The second kappa shape index (κ2) is 5.14. The van der Waals surface area contributed by atoms with Crippen molar-refractivity contribution in [3.8, 4) is 0 Å². The molecule has 80 valence electrons. The maximum atomic E-state index is 11.4. The lowest BCUT2D eigenvalue weighted by Gasteiger charge is -2.06. The smallest absolute Gasteiger partial charge is 0.283 e. The predicted octanol–water partition coefficient (Wildman–Crippen LogP) is 2.04. The highest BCUT2D eigenvalue weighted by atomic mass is 16.7. The number of rotatable bonds is 2. The molecule has 0 radical (unpaired) electrons. The maximum absolute atomic E-state index is 11.4. The van der Waals surface area contributed by atoms with Crippen LogP contribution in [0.2, 0.25) is 0 Å². The van der Waals surface area contributed by atoms with Gasteiger partial charge in [0.1, 0.15) is 0 Å². The van der Waals surface area contributed by atoms with E-state index in [0.717, 1.165) is 5.56 Å². The molecule has 0 saturated heterocycles. The third-order valence-electron chi connectivity index (χ3n) is 1.90. The Morgan fingerprint density at radius 2 is 2.00 bits per heavy atom. The Bertz CT molecular complexity index is 357. The topological polar surface area (TPSA) is 62.2 Å². The number of benzene rings is 1. The van der Waals surface area contributed by atoms with Gasteiger partial charge in [-0.2, -0.15) is 5.48 Å². The summed E-state index contributed by atoms with van der Waals surface area (Å²) in [5, 5.41) is 7.19. The van der Waals surface area contributed by atoms with Gasteiger partial charge in [-0.1, -0.05) is 24.6 Å². The summed E-state index contributed by atoms with van der Waals surface area (Å²) in [6, 6.07) is 7.12. The van der Waals surface area contributed by atoms with Gasteiger partial charge >= 0.3 is 0 Å². The first-order valence-corrected chi connectivity index (χ1v) is 4.74. The van der Waals surface area contributed by atoms with Crippen LogP contribution in [0.1, 0.15) is 29.3 Å². The molecule has 0 aromatic heterocycles. The Kier molecular flexibility index (Phi) is 3.85. The van der Waals surface area contributed by atoms with Crippen molar-refractivity contribution < 1.29 is 9.63 Å². The van der Waals surface area contributed by atoms with Crippen LogP contribution < -0.4 is 5.48 Å². The van der Waals surface area contributed by atoms with Crippen molar-refractivity contribution in [2.24, 2.45) is 0 Å². The zero-order valence-electron chi connectivity index (χ0n) is 8.83. The number of aryl methyl sites for hydroxylation is 1. The van der Waals surface area contributed by atoms with Gasteiger partial charge in [0, 0.05) is 12.0 Å². The monoisotopic (exact) mass is 206 g/mol. The minimum absolute atomic E-state index is 0.0375. The van der Waals surface area contributed by atoms with Crippen LogP contribution in [-0.4, -0.2) is 11.8 Å². The molecule has 4 nitrogen and oxygen atoms in total. The fourth-order valence-electron chi connectivity index (χ4n) is 0.944.